The van der Waals surface area contributed by atoms with E-state index in [9.17, 15) is 4.79 Å². The van der Waals surface area contributed by atoms with E-state index in [-0.39, 0.29) is 6.09 Å². The van der Waals surface area contributed by atoms with Crippen LogP contribution in [0, 0.1) is 5.92 Å². The van der Waals surface area contributed by atoms with Crippen molar-refractivity contribution in [3.05, 3.63) is 12.4 Å². The molecule has 0 unspecified atom stereocenters. The van der Waals surface area contributed by atoms with Crippen molar-refractivity contribution < 1.29 is 14.3 Å². The van der Waals surface area contributed by atoms with E-state index in [0.717, 1.165) is 31.7 Å². The van der Waals surface area contributed by atoms with Crippen LogP contribution in [0.5, 0.6) is 5.88 Å². The van der Waals surface area contributed by atoms with E-state index in [2.05, 4.69) is 14.9 Å². The number of hydrogen-bond acceptors (Lipinski definition) is 6. The van der Waals surface area contributed by atoms with Gasteiger partial charge in [-0.15, -0.1) is 0 Å². The van der Waals surface area contributed by atoms with Crippen molar-refractivity contribution in [3.8, 4) is 5.88 Å². The number of carbonyl (C=O) groups excluding carboxylic acids is 1. The highest BCUT2D eigenvalue weighted by Crippen LogP contribution is 2.22. The van der Waals surface area contributed by atoms with Crippen molar-refractivity contribution in [2.24, 2.45) is 5.92 Å². The van der Waals surface area contributed by atoms with Gasteiger partial charge in [-0.2, -0.15) is 0 Å². The highest BCUT2D eigenvalue weighted by Gasteiger charge is 2.27. The van der Waals surface area contributed by atoms with E-state index < -0.39 is 5.60 Å². The summed E-state index contributed by atoms with van der Waals surface area (Å²) in [5, 5.41) is 0. The van der Waals surface area contributed by atoms with Gasteiger partial charge in [0.15, 0.2) is 0 Å². The van der Waals surface area contributed by atoms with Crippen LogP contribution in [0.3, 0.4) is 0 Å². The molecule has 0 spiro atoms. The van der Waals surface area contributed by atoms with Gasteiger partial charge in [-0.1, -0.05) is 0 Å². The Morgan fingerprint density at radius 3 is 2.37 bits per heavy atom. The number of piperidine rings is 2. The Labute approximate surface area is 162 Å². The average Bonchev–Trinajstić information content (AvgIpc) is 2.66. The van der Waals surface area contributed by atoms with Gasteiger partial charge >= 0.3 is 6.09 Å². The fourth-order valence-corrected chi connectivity index (χ4v) is 3.48. The van der Waals surface area contributed by atoms with Gasteiger partial charge in [0.25, 0.3) is 0 Å². The minimum atomic E-state index is -0.448. The highest BCUT2D eigenvalue weighted by atomic mass is 16.6. The standard InChI is InChI=1S/C20H32N4O3/c1-20(2,3)27-19(25)24-11-7-16(8-12-24)15-26-18-14-21-17(13-22-18)23-9-5-4-6-10-23/h13-14,16H,4-12,15H2,1-3H3. The first-order chi connectivity index (χ1) is 12.9. The molecule has 2 aliphatic rings. The lowest BCUT2D eigenvalue weighted by Crippen LogP contribution is -2.42. The number of carbonyl (C=O) groups is 1. The third-order valence-corrected chi connectivity index (χ3v) is 5.03. The molecule has 7 nitrogen and oxygen atoms in total. The first kappa shape index (κ1) is 19.7. The Bertz CT molecular complexity index is 601. The summed E-state index contributed by atoms with van der Waals surface area (Å²) in [7, 11) is 0. The van der Waals surface area contributed by atoms with Crippen molar-refractivity contribution in [2.45, 2.75) is 58.5 Å². The van der Waals surface area contributed by atoms with Crippen molar-refractivity contribution >= 4 is 11.9 Å². The molecular weight excluding hydrogens is 344 g/mol. The summed E-state index contributed by atoms with van der Waals surface area (Å²) in [6, 6.07) is 0. The van der Waals surface area contributed by atoms with Crippen molar-refractivity contribution in [1.82, 2.24) is 14.9 Å². The zero-order valence-corrected chi connectivity index (χ0v) is 16.8. The lowest BCUT2D eigenvalue weighted by molar-refractivity contribution is 0.0164. The molecule has 3 rings (SSSR count). The Hall–Kier alpha value is -2.05. The number of likely N-dealkylation sites (tertiary alicyclic amines) is 1. The molecule has 2 fully saturated rings. The van der Waals surface area contributed by atoms with Crippen LogP contribution in [0.2, 0.25) is 0 Å². The second-order valence-corrected chi connectivity index (χ2v) is 8.48. The second kappa shape index (κ2) is 8.76. The largest absolute Gasteiger partial charge is 0.476 e. The first-order valence-electron chi connectivity index (χ1n) is 10.1. The molecule has 7 heteroatoms. The Morgan fingerprint density at radius 1 is 1.07 bits per heavy atom. The number of hydrogen-bond donors (Lipinski definition) is 0. The van der Waals surface area contributed by atoms with Gasteiger partial charge in [-0.25, -0.2) is 14.8 Å². The van der Waals surface area contributed by atoms with Crippen LogP contribution in [-0.2, 0) is 4.74 Å². The molecule has 0 radical (unpaired) electrons. The summed E-state index contributed by atoms with van der Waals surface area (Å²) in [6.07, 6.45) is 8.89. The fraction of sp³-hybridized carbons (Fsp3) is 0.750. The lowest BCUT2D eigenvalue weighted by Gasteiger charge is -2.33. The number of anilines is 1. The van der Waals surface area contributed by atoms with Crippen molar-refractivity contribution in [3.63, 3.8) is 0 Å². The molecule has 0 N–H and O–H groups in total. The molecule has 0 bridgehead atoms. The van der Waals surface area contributed by atoms with Gasteiger partial charge in [0, 0.05) is 26.2 Å². The van der Waals surface area contributed by atoms with E-state index in [1.165, 1.54) is 19.3 Å². The summed E-state index contributed by atoms with van der Waals surface area (Å²) in [5.74, 6) is 1.94. The zero-order valence-electron chi connectivity index (χ0n) is 16.8. The third-order valence-electron chi connectivity index (χ3n) is 5.03. The molecule has 1 aromatic rings. The number of ether oxygens (including phenoxy) is 2. The molecule has 0 aliphatic carbocycles. The first-order valence-corrected chi connectivity index (χ1v) is 10.1. The maximum atomic E-state index is 12.1. The van der Waals surface area contributed by atoms with Gasteiger partial charge in [-0.05, 0) is 58.8 Å². The smallest absolute Gasteiger partial charge is 0.410 e. The summed E-state index contributed by atoms with van der Waals surface area (Å²) in [6.45, 7) is 9.83. The summed E-state index contributed by atoms with van der Waals surface area (Å²) < 4.78 is 11.3. The molecular formula is C20H32N4O3. The minimum absolute atomic E-state index is 0.221. The van der Waals surface area contributed by atoms with Crippen LogP contribution in [0.15, 0.2) is 12.4 Å². The van der Waals surface area contributed by atoms with E-state index in [1.807, 2.05) is 27.0 Å². The number of nitrogens with zero attached hydrogens (tertiary/aromatic N) is 4. The average molecular weight is 377 g/mol. The predicted molar refractivity (Wildman–Crippen MR) is 104 cm³/mol. The minimum Gasteiger partial charge on any atom is -0.476 e. The molecule has 3 heterocycles. The summed E-state index contributed by atoms with van der Waals surface area (Å²) in [4.78, 5) is 25.1. The van der Waals surface area contributed by atoms with Crippen molar-refractivity contribution in [1.29, 1.82) is 0 Å². The van der Waals surface area contributed by atoms with E-state index >= 15 is 0 Å². The monoisotopic (exact) mass is 376 g/mol. The molecule has 0 saturated carbocycles. The molecule has 0 atom stereocenters. The maximum Gasteiger partial charge on any atom is 0.410 e. The van der Waals surface area contributed by atoms with Gasteiger partial charge < -0.3 is 19.3 Å². The van der Waals surface area contributed by atoms with Crippen LogP contribution >= 0.6 is 0 Å². The summed E-state index contributed by atoms with van der Waals surface area (Å²) in [5.41, 5.74) is -0.448. The Kier molecular flexibility index (Phi) is 6.39. The number of rotatable bonds is 4. The van der Waals surface area contributed by atoms with Crippen LogP contribution in [-0.4, -0.2) is 59.3 Å². The van der Waals surface area contributed by atoms with Crippen molar-refractivity contribution in [2.75, 3.05) is 37.7 Å². The zero-order chi connectivity index (χ0) is 19.3. The molecule has 27 heavy (non-hydrogen) atoms. The molecule has 0 aromatic carbocycles. The highest BCUT2D eigenvalue weighted by molar-refractivity contribution is 5.68. The third kappa shape index (κ3) is 5.97. The molecule has 1 aromatic heterocycles. The topological polar surface area (TPSA) is 67.8 Å². The van der Waals surface area contributed by atoms with Crippen LogP contribution in [0.4, 0.5) is 10.6 Å². The Balaban J connectivity index is 1.40. The molecule has 2 aliphatic heterocycles. The maximum absolute atomic E-state index is 12.1. The van der Waals surface area contributed by atoms with Gasteiger partial charge in [0.05, 0.1) is 19.0 Å². The predicted octanol–water partition coefficient (Wildman–Crippen LogP) is 3.49. The van der Waals surface area contributed by atoms with Crippen LogP contribution in [0.25, 0.3) is 0 Å². The van der Waals surface area contributed by atoms with Gasteiger partial charge in [-0.3, -0.25) is 0 Å². The van der Waals surface area contributed by atoms with E-state index in [4.69, 9.17) is 9.47 Å². The summed E-state index contributed by atoms with van der Waals surface area (Å²) >= 11 is 0. The van der Waals surface area contributed by atoms with E-state index in [0.29, 0.717) is 31.5 Å². The molecule has 150 valence electrons. The second-order valence-electron chi connectivity index (χ2n) is 8.48. The molecule has 2 saturated heterocycles. The van der Waals surface area contributed by atoms with Crippen LogP contribution in [0.1, 0.15) is 52.9 Å². The van der Waals surface area contributed by atoms with Gasteiger partial charge in [0.2, 0.25) is 5.88 Å². The number of aromatic nitrogens is 2. The lowest BCUT2D eigenvalue weighted by atomic mass is 9.98. The number of amides is 1. The fourth-order valence-electron chi connectivity index (χ4n) is 3.48. The Morgan fingerprint density at radius 2 is 1.78 bits per heavy atom. The van der Waals surface area contributed by atoms with Gasteiger partial charge in [0.1, 0.15) is 11.4 Å². The normalized spacial score (nSPS) is 19.1. The van der Waals surface area contributed by atoms with Crippen LogP contribution < -0.4 is 9.64 Å². The SMILES string of the molecule is CC(C)(C)OC(=O)N1CCC(COc2cnc(N3CCCCC3)cn2)CC1. The van der Waals surface area contributed by atoms with E-state index in [1.54, 1.807) is 11.1 Å². The molecule has 1 amide bonds. The quantitative estimate of drug-likeness (QED) is 0.801.